The lowest BCUT2D eigenvalue weighted by Gasteiger charge is -2.58. The summed E-state index contributed by atoms with van der Waals surface area (Å²) in [5.74, 6) is 2.13. The van der Waals surface area contributed by atoms with Crippen molar-refractivity contribution in [1.29, 1.82) is 0 Å². The number of ether oxygens (including phenoxy) is 1. The highest BCUT2D eigenvalue weighted by molar-refractivity contribution is 5.91. The van der Waals surface area contributed by atoms with Crippen LogP contribution in [0.15, 0.2) is 11.6 Å². The van der Waals surface area contributed by atoms with Gasteiger partial charge in [0.15, 0.2) is 11.6 Å². The van der Waals surface area contributed by atoms with Crippen LogP contribution in [0.3, 0.4) is 0 Å². The summed E-state index contributed by atoms with van der Waals surface area (Å²) >= 11 is 0. The largest absolute Gasteiger partial charge is 0.396 e. The zero-order valence-corrected chi connectivity index (χ0v) is 19.9. The Hall–Kier alpha value is -0.710. The predicted octanol–water partition coefficient (Wildman–Crippen LogP) is 4.88. The van der Waals surface area contributed by atoms with Gasteiger partial charge in [-0.15, -0.1) is 0 Å². The van der Waals surface area contributed by atoms with Crippen LogP contribution in [-0.4, -0.2) is 34.5 Å². The summed E-state index contributed by atoms with van der Waals surface area (Å²) in [6.45, 7) is 9.36. The number of carbonyl (C=O) groups excluding carboxylic acids is 1. The summed E-state index contributed by atoms with van der Waals surface area (Å²) in [6, 6.07) is 0. The standard InChI is InChI=1S/C27H42O4/c1-16(15-28)7-12-27(30)17(2)24-23(31-27)14-22-20-6-5-18-13-19(29)8-10-25(18,3)21(20)9-11-26(22,24)4/h13,16-17,20-24,28,30H,5-12,14-15H2,1-4H3/t16-,17+,20-,21+,22+,23+,24+,25+,26+,27?/m1/s1. The molecule has 10 atom stereocenters. The molecular formula is C27H42O4. The maximum atomic E-state index is 12.1. The van der Waals surface area contributed by atoms with Crippen molar-refractivity contribution in [2.45, 2.75) is 97.4 Å². The zero-order valence-electron chi connectivity index (χ0n) is 19.9. The molecule has 4 fully saturated rings. The van der Waals surface area contributed by atoms with Gasteiger partial charge in [-0.05, 0) is 91.4 Å². The van der Waals surface area contributed by atoms with Crippen LogP contribution in [-0.2, 0) is 9.53 Å². The minimum atomic E-state index is -1.04. The van der Waals surface area contributed by atoms with Crippen LogP contribution in [0.4, 0.5) is 0 Å². The average molecular weight is 431 g/mol. The van der Waals surface area contributed by atoms with E-state index in [1.165, 1.54) is 24.8 Å². The third-order valence-electron chi connectivity index (χ3n) is 11.0. The van der Waals surface area contributed by atoms with Gasteiger partial charge in [-0.25, -0.2) is 0 Å². The molecule has 3 saturated carbocycles. The Bertz CT molecular complexity index is 775. The van der Waals surface area contributed by atoms with Crippen LogP contribution in [0.5, 0.6) is 0 Å². The molecular weight excluding hydrogens is 388 g/mol. The van der Waals surface area contributed by atoms with E-state index in [1.54, 1.807) is 0 Å². The summed E-state index contributed by atoms with van der Waals surface area (Å²) in [5, 5.41) is 20.8. The second-order valence-electron chi connectivity index (χ2n) is 12.4. The van der Waals surface area contributed by atoms with Crippen LogP contribution in [0, 0.1) is 46.3 Å². The molecule has 4 heteroatoms. The number of ketones is 1. The molecule has 0 spiro atoms. The van der Waals surface area contributed by atoms with E-state index in [0.717, 1.165) is 38.0 Å². The van der Waals surface area contributed by atoms with E-state index in [2.05, 4.69) is 20.8 Å². The van der Waals surface area contributed by atoms with E-state index in [0.29, 0.717) is 30.0 Å². The Morgan fingerprint density at radius 2 is 1.97 bits per heavy atom. The first-order valence-corrected chi connectivity index (χ1v) is 12.9. The molecule has 31 heavy (non-hydrogen) atoms. The fraction of sp³-hybridized carbons (Fsp3) is 0.889. The Kier molecular flexibility index (Phi) is 5.27. The second-order valence-corrected chi connectivity index (χ2v) is 12.4. The van der Waals surface area contributed by atoms with Crippen molar-refractivity contribution >= 4 is 5.78 Å². The number of carbonyl (C=O) groups is 1. The minimum absolute atomic E-state index is 0.136. The van der Waals surface area contributed by atoms with Gasteiger partial charge in [0, 0.05) is 25.4 Å². The van der Waals surface area contributed by atoms with Crippen molar-refractivity contribution in [3.05, 3.63) is 11.6 Å². The molecule has 0 bridgehead atoms. The lowest BCUT2D eigenvalue weighted by molar-refractivity contribution is -0.221. The fourth-order valence-electron chi connectivity index (χ4n) is 9.08. The molecule has 4 aliphatic carbocycles. The maximum absolute atomic E-state index is 12.1. The number of allylic oxidation sites excluding steroid dienone is 1. The molecule has 0 radical (unpaired) electrons. The second kappa shape index (κ2) is 7.40. The highest BCUT2D eigenvalue weighted by atomic mass is 16.6. The molecule has 1 unspecified atom stereocenters. The van der Waals surface area contributed by atoms with Crippen molar-refractivity contribution in [3.63, 3.8) is 0 Å². The van der Waals surface area contributed by atoms with Crippen LogP contribution >= 0.6 is 0 Å². The summed E-state index contributed by atoms with van der Waals surface area (Å²) in [7, 11) is 0. The number of rotatable bonds is 4. The Balaban J connectivity index is 1.37. The highest BCUT2D eigenvalue weighted by Crippen LogP contribution is 2.70. The van der Waals surface area contributed by atoms with Crippen molar-refractivity contribution < 1.29 is 19.7 Å². The molecule has 0 amide bonds. The molecule has 0 aromatic carbocycles. The van der Waals surface area contributed by atoms with Gasteiger partial charge in [-0.1, -0.05) is 33.3 Å². The molecule has 174 valence electrons. The Morgan fingerprint density at radius 3 is 2.71 bits per heavy atom. The summed E-state index contributed by atoms with van der Waals surface area (Å²) in [4.78, 5) is 12.1. The van der Waals surface area contributed by atoms with Crippen LogP contribution in [0.1, 0.15) is 85.5 Å². The quantitative estimate of drug-likeness (QED) is 0.667. The number of hydrogen-bond acceptors (Lipinski definition) is 4. The Morgan fingerprint density at radius 1 is 1.19 bits per heavy atom. The van der Waals surface area contributed by atoms with E-state index >= 15 is 0 Å². The third-order valence-corrected chi connectivity index (χ3v) is 11.0. The van der Waals surface area contributed by atoms with Crippen LogP contribution in [0.2, 0.25) is 0 Å². The molecule has 1 heterocycles. The first kappa shape index (κ1) is 22.1. The molecule has 0 aromatic rings. The van der Waals surface area contributed by atoms with Crippen molar-refractivity contribution in [1.82, 2.24) is 0 Å². The van der Waals surface area contributed by atoms with Crippen LogP contribution < -0.4 is 0 Å². The minimum Gasteiger partial charge on any atom is -0.396 e. The van der Waals surface area contributed by atoms with Gasteiger partial charge < -0.3 is 14.9 Å². The zero-order chi connectivity index (χ0) is 22.2. The average Bonchev–Trinajstić information content (AvgIpc) is 3.17. The summed E-state index contributed by atoms with van der Waals surface area (Å²) in [5.41, 5.74) is 1.88. The summed E-state index contributed by atoms with van der Waals surface area (Å²) in [6.07, 6.45) is 11.2. The predicted molar refractivity (Wildman–Crippen MR) is 120 cm³/mol. The monoisotopic (exact) mass is 430 g/mol. The summed E-state index contributed by atoms with van der Waals surface area (Å²) < 4.78 is 6.48. The van der Waals surface area contributed by atoms with E-state index < -0.39 is 5.79 Å². The van der Waals surface area contributed by atoms with E-state index in [9.17, 15) is 15.0 Å². The van der Waals surface area contributed by atoms with E-state index in [4.69, 9.17) is 4.74 Å². The van der Waals surface area contributed by atoms with Gasteiger partial charge in [0.1, 0.15) is 0 Å². The van der Waals surface area contributed by atoms with E-state index in [-0.39, 0.29) is 35.4 Å². The van der Waals surface area contributed by atoms with Crippen molar-refractivity contribution in [2.75, 3.05) is 6.61 Å². The Labute approximate surface area is 187 Å². The first-order chi connectivity index (χ1) is 14.6. The van der Waals surface area contributed by atoms with Gasteiger partial charge in [0.2, 0.25) is 0 Å². The molecule has 0 aromatic heterocycles. The molecule has 5 aliphatic rings. The van der Waals surface area contributed by atoms with Gasteiger partial charge >= 0.3 is 0 Å². The third kappa shape index (κ3) is 3.14. The van der Waals surface area contributed by atoms with Crippen molar-refractivity contribution in [2.24, 2.45) is 46.3 Å². The van der Waals surface area contributed by atoms with Crippen molar-refractivity contribution in [3.8, 4) is 0 Å². The van der Waals surface area contributed by atoms with Gasteiger partial charge in [0.05, 0.1) is 6.10 Å². The van der Waals surface area contributed by atoms with Crippen LogP contribution in [0.25, 0.3) is 0 Å². The fourth-order valence-corrected chi connectivity index (χ4v) is 9.08. The lowest BCUT2D eigenvalue weighted by atomic mass is 9.46. The topological polar surface area (TPSA) is 66.8 Å². The lowest BCUT2D eigenvalue weighted by Crippen LogP contribution is -2.51. The number of aliphatic hydroxyl groups excluding tert-OH is 1. The SMILES string of the molecule is C[C@@H](CO)CCC1(O)O[C@H]2C[C@H]3[C@@H]4CCC5=CC(=O)CC[C@]5(C)[C@H]4CC[C@]3(C)[C@H]2[C@@H]1C. The van der Waals surface area contributed by atoms with Gasteiger partial charge in [-0.2, -0.15) is 0 Å². The number of hydrogen-bond donors (Lipinski definition) is 2. The van der Waals surface area contributed by atoms with E-state index in [1.807, 2.05) is 13.0 Å². The number of fused-ring (bicyclic) bond motifs is 7. The molecule has 1 saturated heterocycles. The normalized spacial score (nSPS) is 52.1. The molecule has 1 aliphatic heterocycles. The molecule has 5 rings (SSSR count). The maximum Gasteiger partial charge on any atom is 0.168 e. The van der Waals surface area contributed by atoms with Gasteiger partial charge in [-0.3, -0.25) is 4.79 Å². The molecule has 4 nitrogen and oxygen atoms in total. The van der Waals surface area contributed by atoms with Gasteiger partial charge in [0.25, 0.3) is 0 Å². The highest BCUT2D eigenvalue weighted by Gasteiger charge is 2.67. The number of aliphatic hydroxyl groups is 2. The smallest absolute Gasteiger partial charge is 0.168 e. The first-order valence-electron chi connectivity index (χ1n) is 12.9. The molecule has 2 N–H and O–H groups in total.